The van der Waals surface area contributed by atoms with E-state index in [0.717, 1.165) is 6.42 Å². The third-order valence-electron chi connectivity index (χ3n) is 3.37. The minimum atomic E-state index is -0.0738. The number of carbonyl (C=O) groups excluding carboxylic acids is 2. The molecule has 110 valence electrons. The highest BCUT2D eigenvalue weighted by atomic mass is 16.5. The predicted molar refractivity (Wildman–Crippen MR) is 70.4 cm³/mol. The smallest absolute Gasteiger partial charge is 0.224 e. The van der Waals surface area contributed by atoms with Gasteiger partial charge in [0.05, 0.1) is 13.2 Å². The van der Waals surface area contributed by atoms with Crippen molar-refractivity contribution in [2.24, 2.45) is 11.8 Å². The summed E-state index contributed by atoms with van der Waals surface area (Å²) in [6.07, 6.45) is 1.21. The zero-order chi connectivity index (χ0) is 14.3. The molecule has 1 saturated carbocycles. The Hall–Kier alpha value is -1.14. The first kappa shape index (κ1) is 15.9. The highest BCUT2D eigenvalue weighted by Crippen LogP contribution is 2.37. The second-order valence-electron chi connectivity index (χ2n) is 4.96. The normalized spacial score (nSPS) is 21.0. The molecule has 0 saturated heterocycles. The van der Waals surface area contributed by atoms with Crippen LogP contribution in [-0.2, 0) is 14.3 Å². The van der Waals surface area contributed by atoms with Gasteiger partial charge in [0, 0.05) is 39.1 Å². The van der Waals surface area contributed by atoms with Crippen molar-refractivity contribution < 1.29 is 19.4 Å². The highest BCUT2D eigenvalue weighted by molar-refractivity contribution is 5.82. The van der Waals surface area contributed by atoms with E-state index in [4.69, 9.17) is 9.84 Å². The van der Waals surface area contributed by atoms with Crippen LogP contribution in [0.4, 0.5) is 0 Å². The SMILES string of the molecule is COCCN(CCO)C(=O)CCNC(=O)C1CC1C. The molecule has 0 aromatic heterocycles. The minimum Gasteiger partial charge on any atom is -0.395 e. The molecule has 6 nitrogen and oxygen atoms in total. The lowest BCUT2D eigenvalue weighted by Crippen LogP contribution is -2.38. The van der Waals surface area contributed by atoms with Crippen LogP contribution in [0.5, 0.6) is 0 Å². The van der Waals surface area contributed by atoms with Crippen molar-refractivity contribution in [1.29, 1.82) is 0 Å². The van der Waals surface area contributed by atoms with E-state index in [1.54, 1.807) is 12.0 Å². The van der Waals surface area contributed by atoms with Gasteiger partial charge >= 0.3 is 0 Å². The van der Waals surface area contributed by atoms with Gasteiger partial charge in [-0.1, -0.05) is 6.92 Å². The number of ether oxygens (including phenoxy) is 1. The Balaban J connectivity index is 2.21. The molecule has 0 aromatic carbocycles. The lowest BCUT2D eigenvalue weighted by molar-refractivity contribution is -0.132. The van der Waals surface area contributed by atoms with Crippen LogP contribution in [0.25, 0.3) is 0 Å². The van der Waals surface area contributed by atoms with Crippen molar-refractivity contribution in [2.75, 3.05) is 40.0 Å². The molecule has 0 aliphatic heterocycles. The van der Waals surface area contributed by atoms with Crippen LogP contribution in [-0.4, -0.2) is 61.8 Å². The first-order valence-electron chi connectivity index (χ1n) is 6.75. The van der Waals surface area contributed by atoms with Crippen LogP contribution in [0.15, 0.2) is 0 Å². The van der Waals surface area contributed by atoms with Gasteiger partial charge < -0.3 is 20.1 Å². The number of amides is 2. The van der Waals surface area contributed by atoms with Gasteiger partial charge in [0.25, 0.3) is 0 Å². The number of carbonyl (C=O) groups is 2. The number of methoxy groups -OCH3 is 1. The fraction of sp³-hybridized carbons (Fsp3) is 0.846. The number of aliphatic hydroxyl groups excluding tert-OH is 1. The number of aliphatic hydroxyl groups is 1. The lowest BCUT2D eigenvalue weighted by Gasteiger charge is -2.21. The molecular formula is C13H24N2O4. The molecule has 0 heterocycles. The molecular weight excluding hydrogens is 248 g/mol. The molecule has 0 spiro atoms. The summed E-state index contributed by atoms with van der Waals surface area (Å²) in [5.74, 6) is 0.585. The average Bonchev–Trinajstić information content (AvgIpc) is 3.11. The van der Waals surface area contributed by atoms with E-state index in [1.165, 1.54) is 0 Å². The number of nitrogens with one attached hydrogen (secondary N) is 1. The second-order valence-corrected chi connectivity index (χ2v) is 4.96. The molecule has 0 bridgehead atoms. The van der Waals surface area contributed by atoms with E-state index >= 15 is 0 Å². The van der Waals surface area contributed by atoms with Gasteiger partial charge in [-0.25, -0.2) is 0 Å². The zero-order valence-corrected chi connectivity index (χ0v) is 11.7. The molecule has 1 aliphatic carbocycles. The van der Waals surface area contributed by atoms with E-state index in [0.29, 0.717) is 32.2 Å². The van der Waals surface area contributed by atoms with Crippen LogP contribution >= 0.6 is 0 Å². The second kappa shape index (κ2) is 8.12. The Kier molecular flexibility index (Phi) is 6.80. The van der Waals surface area contributed by atoms with Gasteiger partial charge in [-0.05, 0) is 12.3 Å². The number of hydrogen-bond donors (Lipinski definition) is 2. The van der Waals surface area contributed by atoms with Crippen molar-refractivity contribution in [2.45, 2.75) is 19.8 Å². The standard InChI is InChI=1S/C13H24N2O4/c1-10-9-11(10)13(18)14-4-3-12(17)15(5-7-16)6-8-19-2/h10-11,16H,3-9H2,1-2H3,(H,14,18). The molecule has 0 radical (unpaired) electrons. The molecule has 0 aromatic rings. The number of nitrogens with zero attached hydrogens (tertiary/aromatic N) is 1. The summed E-state index contributed by atoms with van der Waals surface area (Å²) in [5.41, 5.74) is 0. The van der Waals surface area contributed by atoms with Gasteiger partial charge in [-0.3, -0.25) is 9.59 Å². The van der Waals surface area contributed by atoms with E-state index in [-0.39, 0.29) is 30.8 Å². The van der Waals surface area contributed by atoms with Crippen molar-refractivity contribution >= 4 is 11.8 Å². The Labute approximate surface area is 114 Å². The largest absolute Gasteiger partial charge is 0.395 e. The Bertz CT molecular complexity index is 309. The molecule has 2 N–H and O–H groups in total. The van der Waals surface area contributed by atoms with Crippen molar-refractivity contribution in [3.63, 3.8) is 0 Å². The Morgan fingerprint density at radius 1 is 1.42 bits per heavy atom. The first-order chi connectivity index (χ1) is 9.10. The maximum Gasteiger partial charge on any atom is 0.224 e. The van der Waals surface area contributed by atoms with E-state index in [9.17, 15) is 9.59 Å². The van der Waals surface area contributed by atoms with E-state index in [1.807, 2.05) is 6.92 Å². The quantitative estimate of drug-likeness (QED) is 0.599. The number of hydrogen-bond acceptors (Lipinski definition) is 4. The minimum absolute atomic E-state index is 0.0471. The monoisotopic (exact) mass is 272 g/mol. The van der Waals surface area contributed by atoms with Gasteiger partial charge in [-0.2, -0.15) is 0 Å². The summed E-state index contributed by atoms with van der Waals surface area (Å²) >= 11 is 0. The number of rotatable bonds is 9. The predicted octanol–water partition coefficient (Wildman–Crippen LogP) is -0.384. The Morgan fingerprint density at radius 3 is 2.63 bits per heavy atom. The third kappa shape index (κ3) is 5.57. The molecule has 6 heteroatoms. The molecule has 2 atom stereocenters. The van der Waals surface area contributed by atoms with Crippen molar-refractivity contribution in [3.05, 3.63) is 0 Å². The molecule has 1 rings (SSSR count). The average molecular weight is 272 g/mol. The van der Waals surface area contributed by atoms with Gasteiger partial charge in [-0.15, -0.1) is 0 Å². The molecule has 2 amide bonds. The highest BCUT2D eigenvalue weighted by Gasteiger charge is 2.38. The summed E-state index contributed by atoms with van der Waals surface area (Å²) in [5, 5.41) is 11.7. The van der Waals surface area contributed by atoms with E-state index < -0.39 is 0 Å². The molecule has 2 unspecified atom stereocenters. The van der Waals surface area contributed by atoms with Gasteiger partial charge in [0.1, 0.15) is 0 Å². The van der Waals surface area contributed by atoms with Crippen LogP contribution in [0, 0.1) is 11.8 Å². The maximum absolute atomic E-state index is 11.9. The lowest BCUT2D eigenvalue weighted by atomic mass is 10.3. The molecule has 1 fully saturated rings. The van der Waals surface area contributed by atoms with Crippen LogP contribution in [0.2, 0.25) is 0 Å². The maximum atomic E-state index is 11.9. The fourth-order valence-electron chi connectivity index (χ4n) is 1.95. The first-order valence-corrected chi connectivity index (χ1v) is 6.75. The molecule has 19 heavy (non-hydrogen) atoms. The van der Waals surface area contributed by atoms with Crippen molar-refractivity contribution in [3.8, 4) is 0 Å². The van der Waals surface area contributed by atoms with Crippen LogP contribution < -0.4 is 5.32 Å². The summed E-state index contributed by atoms with van der Waals surface area (Å²) in [6.45, 7) is 3.54. The summed E-state index contributed by atoms with van der Waals surface area (Å²) < 4.78 is 4.92. The van der Waals surface area contributed by atoms with Gasteiger partial charge in [0.2, 0.25) is 11.8 Å². The van der Waals surface area contributed by atoms with Crippen molar-refractivity contribution in [1.82, 2.24) is 10.2 Å². The van der Waals surface area contributed by atoms with Crippen LogP contribution in [0.1, 0.15) is 19.8 Å². The van der Waals surface area contributed by atoms with Gasteiger partial charge in [0.15, 0.2) is 0 Å². The topological polar surface area (TPSA) is 78.9 Å². The fourth-order valence-corrected chi connectivity index (χ4v) is 1.95. The third-order valence-corrected chi connectivity index (χ3v) is 3.37. The van der Waals surface area contributed by atoms with E-state index in [2.05, 4.69) is 5.32 Å². The zero-order valence-electron chi connectivity index (χ0n) is 11.7. The Morgan fingerprint density at radius 2 is 2.11 bits per heavy atom. The molecule has 1 aliphatic rings. The summed E-state index contributed by atoms with van der Waals surface area (Å²) in [4.78, 5) is 25.0. The summed E-state index contributed by atoms with van der Waals surface area (Å²) in [6, 6.07) is 0. The summed E-state index contributed by atoms with van der Waals surface area (Å²) in [7, 11) is 1.57. The van der Waals surface area contributed by atoms with Crippen LogP contribution in [0.3, 0.4) is 0 Å².